The van der Waals surface area contributed by atoms with Gasteiger partial charge in [0.15, 0.2) is 11.5 Å². The molecule has 1 rings (SSSR count). The van der Waals surface area contributed by atoms with Crippen molar-refractivity contribution >= 4 is 17.4 Å². The molecule has 0 aromatic heterocycles. The number of ether oxygens (including phenoxy) is 3. The first-order valence-corrected chi connectivity index (χ1v) is 5.62. The molecule has 0 aliphatic heterocycles. The summed E-state index contributed by atoms with van der Waals surface area (Å²) in [6, 6.07) is 3.15. The monoisotopic (exact) mass is 283 g/mol. The van der Waals surface area contributed by atoms with E-state index in [4.69, 9.17) is 25.2 Å². The van der Waals surface area contributed by atoms with Crippen molar-refractivity contribution in [1.82, 2.24) is 0 Å². The predicted octanol–water partition coefficient (Wildman–Crippen LogP) is 0.787. The molecule has 0 aliphatic carbocycles. The highest BCUT2D eigenvalue weighted by Gasteiger charge is 2.14. The lowest BCUT2D eigenvalue weighted by atomic mass is 10.2. The quantitative estimate of drug-likeness (QED) is 0.307. The van der Waals surface area contributed by atoms with Crippen LogP contribution in [0.1, 0.15) is 6.42 Å². The Hall–Kier alpha value is -2.64. The van der Waals surface area contributed by atoms with Crippen molar-refractivity contribution in [3.8, 4) is 17.2 Å². The Morgan fingerprint density at radius 1 is 1.25 bits per heavy atom. The average Bonchev–Trinajstić information content (AvgIpc) is 2.45. The Balaban J connectivity index is 2.99. The number of hydrogen-bond acceptors (Lipinski definition) is 6. The minimum atomic E-state index is -0.436. The zero-order valence-corrected chi connectivity index (χ0v) is 11.5. The fraction of sp³-hybridized carbons (Fsp3) is 0.333. The van der Waals surface area contributed by atoms with Gasteiger partial charge in [-0.2, -0.15) is 0 Å². The van der Waals surface area contributed by atoms with Crippen LogP contribution in [0.2, 0.25) is 0 Å². The maximum Gasteiger partial charge on any atom is 0.232 e. The molecule has 0 atom stereocenters. The number of oxime groups is 1. The van der Waals surface area contributed by atoms with Crippen molar-refractivity contribution < 1.29 is 24.2 Å². The lowest BCUT2D eigenvalue weighted by Gasteiger charge is -2.14. The molecule has 8 nitrogen and oxygen atoms in total. The number of nitrogens with one attached hydrogen (secondary N) is 1. The highest BCUT2D eigenvalue weighted by Crippen LogP contribution is 2.39. The number of carbonyl (C=O) groups is 1. The summed E-state index contributed by atoms with van der Waals surface area (Å²) in [5.41, 5.74) is 5.70. The number of nitrogens with two attached hydrogens (primary N) is 1. The first-order chi connectivity index (χ1) is 9.55. The van der Waals surface area contributed by atoms with Gasteiger partial charge in [-0.1, -0.05) is 5.16 Å². The highest BCUT2D eigenvalue weighted by atomic mass is 16.5. The van der Waals surface area contributed by atoms with Crippen LogP contribution in [0.25, 0.3) is 0 Å². The molecule has 1 aromatic rings. The Kier molecular flexibility index (Phi) is 5.45. The number of methoxy groups -OCH3 is 3. The molecule has 1 amide bonds. The number of amidine groups is 1. The second-order valence-corrected chi connectivity index (χ2v) is 3.73. The van der Waals surface area contributed by atoms with Gasteiger partial charge >= 0.3 is 0 Å². The van der Waals surface area contributed by atoms with Gasteiger partial charge in [-0.15, -0.1) is 0 Å². The zero-order chi connectivity index (χ0) is 15.1. The molecule has 0 saturated heterocycles. The first-order valence-electron chi connectivity index (χ1n) is 5.62. The summed E-state index contributed by atoms with van der Waals surface area (Å²) >= 11 is 0. The van der Waals surface area contributed by atoms with E-state index in [1.54, 1.807) is 12.1 Å². The molecule has 8 heteroatoms. The van der Waals surface area contributed by atoms with Crippen molar-refractivity contribution in [2.45, 2.75) is 6.42 Å². The van der Waals surface area contributed by atoms with E-state index >= 15 is 0 Å². The van der Waals surface area contributed by atoms with Crippen LogP contribution >= 0.6 is 0 Å². The third-order valence-corrected chi connectivity index (χ3v) is 2.42. The van der Waals surface area contributed by atoms with Crippen molar-refractivity contribution in [1.29, 1.82) is 0 Å². The van der Waals surface area contributed by atoms with E-state index in [9.17, 15) is 4.79 Å². The molecule has 1 aromatic carbocycles. The number of benzene rings is 1. The van der Waals surface area contributed by atoms with E-state index in [1.165, 1.54) is 21.3 Å². The van der Waals surface area contributed by atoms with Crippen LogP contribution in [0.4, 0.5) is 5.69 Å². The van der Waals surface area contributed by atoms with Crippen LogP contribution in [0.3, 0.4) is 0 Å². The summed E-state index contributed by atoms with van der Waals surface area (Å²) in [5.74, 6) is 0.617. The summed E-state index contributed by atoms with van der Waals surface area (Å²) in [5, 5.41) is 13.7. The van der Waals surface area contributed by atoms with Crippen LogP contribution in [-0.4, -0.2) is 38.3 Å². The maximum atomic E-state index is 11.6. The lowest BCUT2D eigenvalue weighted by molar-refractivity contribution is -0.115. The van der Waals surface area contributed by atoms with Crippen LogP contribution in [0.5, 0.6) is 17.2 Å². The van der Waals surface area contributed by atoms with Crippen LogP contribution in [-0.2, 0) is 4.79 Å². The molecule has 0 saturated carbocycles. The normalized spacial score (nSPS) is 10.8. The Morgan fingerprint density at radius 2 is 1.80 bits per heavy atom. The van der Waals surface area contributed by atoms with Gasteiger partial charge in [0.25, 0.3) is 0 Å². The molecule has 0 heterocycles. The standard InChI is InChI=1S/C12H17N3O5/c1-18-8-4-7(5-9(19-2)12(8)20-3)14-11(16)6-10(13)15-17/h4-5,17H,6H2,1-3H3,(H2,13,15)(H,14,16). The van der Waals surface area contributed by atoms with E-state index < -0.39 is 5.91 Å². The Labute approximate surface area is 116 Å². The number of carbonyl (C=O) groups excluding carboxylic acids is 1. The van der Waals surface area contributed by atoms with Gasteiger partial charge in [-0.25, -0.2) is 0 Å². The molecule has 0 bridgehead atoms. The number of anilines is 1. The average molecular weight is 283 g/mol. The van der Waals surface area contributed by atoms with Crippen LogP contribution < -0.4 is 25.3 Å². The van der Waals surface area contributed by atoms with Crippen LogP contribution in [0, 0.1) is 0 Å². The maximum absolute atomic E-state index is 11.6. The number of rotatable bonds is 6. The molecule has 4 N–H and O–H groups in total. The third kappa shape index (κ3) is 3.67. The van der Waals surface area contributed by atoms with Gasteiger partial charge in [0.1, 0.15) is 5.84 Å². The van der Waals surface area contributed by atoms with Gasteiger partial charge in [0, 0.05) is 17.8 Å². The second kappa shape index (κ2) is 7.07. The second-order valence-electron chi connectivity index (χ2n) is 3.73. The smallest absolute Gasteiger partial charge is 0.232 e. The minimum Gasteiger partial charge on any atom is -0.493 e. The van der Waals surface area contributed by atoms with Crippen molar-refractivity contribution in [3.05, 3.63) is 12.1 Å². The van der Waals surface area contributed by atoms with Crippen molar-refractivity contribution in [2.75, 3.05) is 26.6 Å². The number of nitrogens with zero attached hydrogens (tertiary/aromatic N) is 1. The predicted molar refractivity (Wildman–Crippen MR) is 72.8 cm³/mol. The summed E-state index contributed by atoms with van der Waals surface area (Å²) in [4.78, 5) is 11.6. The highest BCUT2D eigenvalue weighted by molar-refractivity contribution is 6.05. The Morgan fingerprint density at radius 3 is 2.20 bits per heavy atom. The lowest BCUT2D eigenvalue weighted by Crippen LogP contribution is -2.22. The van der Waals surface area contributed by atoms with Gasteiger partial charge in [-0.3, -0.25) is 4.79 Å². The molecule has 0 spiro atoms. The van der Waals surface area contributed by atoms with Crippen molar-refractivity contribution in [3.63, 3.8) is 0 Å². The molecule has 20 heavy (non-hydrogen) atoms. The summed E-state index contributed by atoms with van der Waals surface area (Å²) < 4.78 is 15.5. The Bertz CT molecular complexity index is 491. The number of hydrogen-bond donors (Lipinski definition) is 3. The summed E-state index contributed by atoms with van der Waals surface area (Å²) in [6.07, 6.45) is -0.229. The van der Waals surface area contributed by atoms with E-state index in [1.807, 2.05) is 0 Å². The minimum absolute atomic E-state index is 0.185. The molecular formula is C12H17N3O5. The van der Waals surface area contributed by atoms with Gasteiger partial charge in [-0.05, 0) is 0 Å². The molecule has 0 fully saturated rings. The zero-order valence-electron chi connectivity index (χ0n) is 11.5. The van der Waals surface area contributed by atoms with E-state index in [2.05, 4.69) is 10.5 Å². The number of amides is 1. The fourth-order valence-corrected chi connectivity index (χ4v) is 1.56. The van der Waals surface area contributed by atoms with Gasteiger partial charge < -0.3 is 30.5 Å². The van der Waals surface area contributed by atoms with E-state index in [0.29, 0.717) is 22.9 Å². The fourth-order valence-electron chi connectivity index (χ4n) is 1.56. The molecule has 0 aliphatic rings. The van der Waals surface area contributed by atoms with Crippen LogP contribution in [0.15, 0.2) is 17.3 Å². The molecule has 110 valence electrons. The van der Waals surface area contributed by atoms with Crippen molar-refractivity contribution in [2.24, 2.45) is 10.9 Å². The summed E-state index contributed by atoms with van der Waals surface area (Å²) in [6.45, 7) is 0. The van der Waals surface area contributed by atoms with Gasteiger partial charge in [0.05, 0.1) is 27.8 Å². The topological polar surface area (TPSA) is 115 Å². The molecule has 0 radical (unpaired) electrons. The molecular weight excluding hydrogens is 266 g/mol. The third-order valence-electron chi connectivity index (χ3n) is 2.42. The van der Waals surface area contributed by atoms with E-state index in [0.717, 1.165) is 0 Å². The first kappa shape index (κ1) is 15.4. The van der Waals surface area contributed by atoms with Gasteiger partial charge in [0.2, 0.25) is 11.7 Å². The molecule has 0 unspecified atom stereocenters. The SMILES string of the molecule is COc1cc(NC(=O)C/C(N)=N/O)cc(OC)c1OC. The largest absolute Gasteiger partial charge is 0.493 e. The summed E-state index contributed by atoms with van der Waals surface area (Å²) in [7, 11) is 4.43. The van der Waals surface area contributed by atoms with E-state index in [-0.39, 0.29) is 12.3 Å².